The van der Waals surface area contributed by atoms with Crippen molar-refractivity contribution in [2.45, 2.75) is 26.3 Å². The zero-order valence-corrected chi connectivity index (χ0v) is 13.8. The molecule has 0 aliphatic rings. The number of hydrogen-bond donors (Lipinski definition) is 1. The Bertz CT molecular complexity index is 603. The molecule has 0 heterocycles. The Balaban J connectivity index is 2.26. The molecule has 2 rings (SSSR count). The van der Waals surface area contributed by atoms with Crippen LogP contribution in [0.15, 0.2) is 46.9 Å². The van der Waals surface area contributed by atoms with Crippen LogP contribution in [0.4, 0.5) is 10.1 Å². The molecule has 2 aromatic carbocycles. The number of nitrogens with one attached hydrogen (secondary N) is 1. The van der Waals surface area contributed by atoms with Crippen molar-refractivity contribution in [1.29, 1.82) is 0 Å². The van der Waals surface area contributed by atoms with Crippen LogP contribution in [-0.4, -0.2) is 6.61 Å². The zero-order valence-electron chi connectivity index (χ0n) is 12.2. The lowest BCUT2D eigenvalue weighted by molar-refractivity contribution is 0.339. The van der Waals surface area contributed by atoms with Gasteiger partial charge in [0.15, 0.2) is 0 Å². The van der Waals surface area contributed by atoms with Crippen molar-refractivity contribution in [2.75, 3.05) is 11.9 Å². The van der Waals surface area contributed by atoms with Gasteiger partial charge in [0.05, 0.1) is 18.3 Å². The van der Waals surface area contributed by atoms with Crippen LogP contribution in [0.1, 0.15) is 31.9 Å². The fourth-order valence-electron chi connectivity index (χ4n) is 2.22. The molecule has 0 fully saturated rings. The highest BCUT2D eigenvalue weighted by Gasteiger charge is 2.13. The molecule has 21 heavy (non-hydrogen) atoms. The first-order chi connectivity index (χ1) is 10.1. The molecule has 0 aromatic heterocycles. The molecule has 0 saturated heterocycles. The average molecular weight is 352 g/mol. The molecule has 1 atom stereocenters. The molecular formula is C17H19BrFNO. The number of rotatable bonds is 6. The number of halogens is 2. The Hall–Kier alpha value is -1.55. The quantitative estimate of drug-likeness (QED) is 0.736. The molecule has 0 saturated carbocycles. The van der Waals surface area contributed by atoms with Gasteiger partial charge in [-0.05, 0) is 43.2 Å². The Morgan fingerprint density at radius 3 is 2.67 bits per heavy atom. The summed E-state index contributed by atoms with van der Waals surface area (Å²) < 4.78 is 19.9. The number of hydrogen-bond acceptors (Lipinski definition) is 2. The minimum Gasteiger partial charge on any atom is -0.492 e. The Kier molecular flexibility index (Phi) is 5.62. The second-order valence-corrected chi connectivity index (χ2v) is 5.65. The maximum atomic E-state index is 13.4. The normalized spacial score (nSPS) is 12.0. The van der Waals surface area contributed by atoms with Crippen molar-refractivity contribution >= 4 is 21.6 Å². The first-order valence-electron chi connectivity index (χ1n) is 7.08. The van der Waals surface area contributed by atoms with Gasteiger partial charge in [-0.15, -0.1) is 0 Å². The van der Waals surface area contributed by atoms with E-state index in [1.54, 1.807) is 6.07 Å². The van der Waals surface area contributed by atoms with Crippen LogP contribution in [0, 0.1) is 5.82 Å². The van der Waals surface area contributed by atoms with Crippen molar-refractivity contribution in [3.05, 3.63) is 58.3 Å². The summed E-state index contributed by atoms with van der Waals surface area (Å²) in [6.45, 7) is 4.51. The lowest BCUT2D eigenvalue weighted by atomic mass is 10.0. The Labute approximate surface area is 133 Å². The van der Waals surface area contributed by atoms with Gasteiger partial charge >= 0.3 is 0 Å². The molecule has 1 N–H and O–H groups in total. The van der Waals surface area contributed by atoms with E-state index in [0.717, 1.165) is 16.6 Å². The molecule has 0 amide bonds. The summed E-state index contributed by atoms with van der Waals surface area (Å²) in [5, 5.41) is 3.44. The van der Waals surface area contributed by atoms with Gasteiger partial charge in [0.25, 0.3) is 0 Å². The predicted molar refractivity (Wildman–Crippen MR) is 88.4 cm³/mol. The SMILES string of the molecule is CCOc1cc(F)ccc1NC(CC)c1cccc(Br)c1. The topological polar surface area (TPSA) is 21.3 Å². The van der Waals surface area contributed by atoms with Crippen molar-refractivity contribution in [3.63, 3.8) is 0 Å². The lowest BCUT2D eigenvalue weighted by Crippen LogP contribution is -2.11. The van der Waals surface area contributed by atoms with E-state index < -0.39 is 0 Å². The summed E-state index contributed by atoms with van der Waals surface area (Å²) in [5.41, 5.74) is 1.99. The van der Waals surface area contributed by atoms with Crippen LogP contribution in [0.2, 0.25) is 0 Å². The van der Waals surface area contributed by atoms with Crippen LogP contribution in [0.25, 0.3) is 0 Å². The zero-order chi connectivity index (χ0) is 15.2. The highest BCUT2D eigenvalue weighted by atomic mass is 79.9. The van der Waals surface area contributed by atoms with E-state index in [2.05, 4.69) is 40.3 Å². The van der Waals surface area contributed by atoms with Gasteiger partial charge in [-0.25, -0.2) is 4.39 Å². The highest BCUT2D eigenvalue weighted by molar-refractivity contribution is 9.10. The van der Waals surface area contributed by atoms with Crippen molar-refractivity contribution in [1.82, 2.24) is 0 Å². The molecular weight excluding hydrogens is 333 g/mol. The summed E-state index contributed by atoms with van der Waals surface area (Å²) in [6.07, 6.45) is 0.916. The Morgan fingerprint density at radius 2 is 2.00 bits per heavy atom. The van der Waals surface area contributed by atoms with Gasteiger partial charge in [0.1, 0.15) is 11.6 Å². The average Bonchev–Trinajstić information content (AvgIpc) is 2.47. The summed E-state index contributed by atoms with van der Waals surface area (Å²) in [4.78, 5) is 0. The van der Waals surface area contributed by atoms with Gasteiger partial charge in [-0.3, -0.25) is 0 Å². The predicted octanol–water partition coefficient (Wildman–Crippen LogP) is 5.55. The number of ether oxygens (including phenoxy) is 1. The number of benzene rings is 2. The van der Waals surface area contributed by atoms with Gasteiger partial charge < -0.3 is 10.1 Å². The second kappa shape index (κ2) is 7.46. The smallest absolute Gasteiger partial charge is 0.145 e. The summed E-state index contributed by atoms with van der Waals surface area (Å²) >= 11 is 3.49. The van der Waals surface area contributed by atoms with Crippen molar-refractivity contribution < 1.29 is 9.13 Å². The van der Waals surface area contributed by atoms with Crippen molar-refractivity contribution in [2.24, 2.45) is 0 Å². The molecule has 1 unspecified atom stereocenters. The van der Waals surface area contributed by atoms with E-state index >= 15 is 0 Å². The molecule has 2 nitrogen and oxygen atoms in total. The fourth-order valence-corrected chi connectivity index (χ4v) is 2.64. The lowest BCUT2D eigenvalue weighted by Gasteiger charge is -2.21. The third-order valence-corrected chi connectivity index (χ3v) is 3.73. The first-order valence-corrected chi connectivity index (χ1v) is 7.87. The molecule has 112 valence electrons. The largest absolute Gasteiger partial charge is 0.492 e. The molecule has 0 aliphatic carbocycles. The highest BCUT2D eigenvalue weighted by Crippen LogP contribution is 2.31. The van der Waals surface area contributed by atoms with Crippen LogP contribution in [0.5, 0.6) is 5.75 Å². The standard InChI is InChI=1S/C17H19BrFNO/c1-3-15(12-6-5-7-13(18)10-12)20-16-9-8-14(19)11-17(16)21-4-2/h5-11,15,20H,3-4H2,1-2H3. The van der Waals surface area contributed by atoms with Crippen LogP contribution in [-0.2, 0) is 0 Å². The molecule has 0 bridgehead atoms. The summed E-state index contributed by atoms with van der Waals surface area (Å²) in [7, 11) is 0. The monoisotopic (exact) mass is 351 g/mol. The van der Waals surface area contributed by atoms with E-state index in [9.17, 15) is 4.39 Å². The van der Waals surface area contributed by atoms with Gasteiger partial charge in [-0.2, -0.15) is 0 Å². The molecule has 0 radical (unpaired) electrons. The molecule has 2 aromatic rings. The van der Waals surface area contributed by atoms with E-state index in [1.165, 1.54) is 17.7 Å². The van der Waals surface area contributed by atoms with Gasteiger partial charge in [0.2, 0.25) is 0 Å². The van der Waals surface area contributed by atoms with Crippen LogP contribution >= 0.6 is 15.9 Å². The third kappa shape index (κ3) is 4.21. The number of anilines is 1. The summed E-state index contributed by atoms with van der Waals surface area (Å²) in [5.74, 6) is 0.255. The Morgan fingerprint density at radius 1 is 1.19 bits per heavy atom. The minimum atomic E-state index is -0.292. The van der Waals surface area contributed by atoms with E-state index in [0.29, 0.717) is 12.4 Å². The summed E-state index contributed by atoms with van der Waals surface area (Å²) in [6, 6.07) is 12.9. The maximum absolute atomic E-state index is 13.4. The van der Waals surface area contributed by atoms with Crippen LogP contribution < -0.4 is 10.1 Å². The van der Waals surface area contributed by atoms with E-state index in [-0.39, 0.29) is 11.9 Å². The first kappa shape index (κ1) is 15.8. The molecule has 0 spiro atoms. The van der Waals surface area contributed by atoms with Gasteiger partial charge in [0, 0.05) is 10.5 Å². The fraction of sp³-hybridized carbons (Fsp3) is 0.294. The van der Waals surface area contributed by atoms with Gasteiger partial charge in [-0.1, -0.05) is 35.0 Å². The third-order valence-electron chi connectivity index (χ3n) is 3.23. The van der Waals surface area contributed by atoms with Crippen molar-refractivity contribution in [3.8, 4) is 5.75 Å². The van der Waals surface area contributed by atoms with E-state index in [1.807, 2.05) is 19.1 Å². The second-order valence-electron chi connectivity index (χ2n) is 4.73. The maximum Gasteiger partial charge on any atom is 0.145 e. The minimum absolute atomic E-state index is 0.146. The van der Waals surface area contributed by atoms with Crippen LogP contribution in [0.3, 0.4) is 0 Å². The molecule has 0 aliphatic heterocycles. The van der Waals surface area contributed by atoms with E-state index in [4.69, 9.17) is 4.74 Å². The molecule has 4 heteroatoms.